The van der Waals surface area contributed by atoms with E-state index in [9.17, 15) is 23.1 Å². The lowest BCUT2D eigenvalue weighted by Crippen LogP contribution is -2.53. The van der Waals surface area contributed by atoms with Gasteiger partial charge in [0.1, 0.15) is 5.41 Å². The number of nitrogens with one attached hydrogen (secondary N) is 2. The molecule has 3 unspecified atom stereocenters. The minimum Gasteiger partial charge on any atom is -0.481 e. The average molecular weight is 320 g/mol. The van der Waals surface area contributed by atoms with Gasteiger partial charge in [0.2, 0.25) is 0 Å². The molecule has 120 valence electrons. The Bertz CT molecular complexity index is 534. The lowest BCUT2D eigenvalue weighted by molar-refractivity contribution is -0.148. The third-order valence-electron chi connectivity index (χ3n) is 4.20. The van der Waals surface area contributed by atoms with Gasteiger partial charge in [-0.25, -0.2) is 13.2 Å². The molecule has 0 aliphatic carbocycles. The second-order valence-electron chi connectivity index (χ2n) is 5.78. The highest BCUT2D eigenvalue weighted by molar-refractivity contribution is 7.92. The van der Waals surface area contributed by atoms with Crippen molar-refractivity contribution < 1.29 is 27.9 Å². The van der Waals surface area contributed by atoms with E-state index in [-0.39, 0.29) is 25.5 Å². The molecule has 2 rings (SSSR count). The molecule has 3 atom stereocenters. The first kappa shape index (κ1) is 16.0. The monoisotopic (exact) mass is 320 g/mol. The van der Waals surface area contributed by atoms with Crippen LogP contribution in [0.15, 0.2) is 0 Å². The van der Waals surface area contributed by atoms with Crippen LogP contribution in [0.4, 0.5) is 4.79 Å². The van der Waals surface area contributed by atoms with Crippen LogP contribution >= 0.6 is 0 Å². The van der Waals surface area contributed by atoms with Crippen LogP contribution < -0.4 is 10.6 Å². The van der Waals surface area contributed by atoms with E-state index in [4.69, 9.17) is 4.74 Å². The molecule has 8 nitrogen and oxygen atoms in total. The lowest BCUT2D eigenvalue weighted by Gasteiger charge is -2.25. The van der Waals surface area contributed by atoms with Gasteiger partial charge in [0.05, 0.1) is 30.3 Å². The van der Waals surface area contributed by atoms with E-state index in [0.717, 1.165) is 0 Å². The summed E-state index contributed by atoms with van der Waals surface area (Å²) in [5.41, 5.74) is -1.17. The highest BCUT2D eigenvalue weighted by Crippen LogP contribution is 2.28. The number of carboxylic acids is 1. The summed E-state index contributed by atoms with van der Waals surface area (Å²) in [5, 5.41) is 13.7. The number of hydrogen-bond acceptors (Lipinski definition) is 5. The third-order valence-corrected chi connectivity index (χ3v) is 6.48. The number of carbonyl (C=O) groups is 2. The van der Waals surface area contributed by atoms with E-state index in [1.807, 2.05) is 0 Å². The van der Waals surface area contributed by atoms with E-state index in [1.54, 1.807) is 0 Å². The predicted molar refractivity (Wildman–Crippen MR) is 73.7 cm³/mol. The van der Waals surface area contributed by atoms with E-state index < -0.39 is 38.5 Å². The number of amides is 2. The van der Waals surface area contributed by atoms with Gasteiger partial charge in [0.15, 0.2) is 9.84 Å². The number of hydrogen-bond donors (Lipinski definition) is 3. The van der Waals surface area contributed by atoms with E-state index in [1.165, 1.54) is 6.92 Å². The normalized spacial score (nSPS) is 34.5. The Labute approximate surface area is 123 Å². The third kappa shape index (κ3) is 3.29. The van der Waals surface area contributed by atoms with E-state index >= 15 is 0 Å². The Morgan fingerprint density at radius 1 is 1.43 bits per heavy atom. The Morgan fingerprint density at radius 2 is 2.14 bits per heavy atom. The molecule has 2 fully saturated rings. The van der Waals surface area contributed by atoms with Crippen LogP contribution in [0.2, 0.25) is 0 Å². The smallest absolute Gasteiger partial charge is 0.315 e. The van der Waals surface area contributed by atoms with Crippen LogP contribution in [0.3, 0.4) is 0 Å². The number of rotatable bonds is 4. The largest absolute Gasteiger partial charge is 0.481 e. The molecular weight excluding hydrogens is 300 g/mol. The maximum Gasteiger partial charge on any atom is 0.315 e. The van der Waals surface area contributed by atoms with Gasteiger partial charge in [0, 0.05) is 6.54 Å². The standard InChI is InChI=1S/C12H20N2O6S/c1-12(10(15)16)7-20-6-9(12)14-11(17)13-5-8-3-2-4-21(8,18)19/h8-9H,2-7H2,1H3,(H,15,16)(H2,13,14,17). The van der Waals surface area contributed by atoms with Crippen LogP contribution in [0, 0.1) is 5.41 Å². The first-order valence-electron chi connectivity index (χ1n) is 6.83. The molecule has 21 heavy (non-hydrogen) atoms. The topological polar surface area (TPSA) is 122 Å². The molecule has 2 aliphatic heterocycles. The van der Waals surface area contributed by atoms with Gasteiger partial charge < -0.3 is 20.5 Å². The van der Waals surface area contributed by atoms with E-state index in [0.29, 0.717) is 12.8 Å². The second kappa shape index (κ2) is 5.80. The maximum atomic E-state index is 11.8. The van der Waals surface area contributed by atoms with Crippen molar-refractivity contribution in [1.82, 2.24) is 10.6 Å². The number of carbonyl (C=O) groups excluding carboxylic acids is 1. The van der Waals surface area contributed by atoms with Gasteiger partial charge in [-0.05, 0) is 19.8 Å². The van der Waals surface area contributed by atoms with Crippen molar-refractivity contribution in [2.24, 2.45) is 5.41 Å². The van der Waals surface area contributed by atoms with Gasteiger partial charge in [-0.2, -0.15) is 0 Å². The molecule has 0 bridgehead atoms. The van der Waals surface area contributed by atoms with Crippen LogP contribution in [-0.2, 0) is 19.4 Å². The molecule has 2 heterocycles. The molecule has 0 aromatic heterocycles. The van der Waals surface area contributed by atoms with Crippen molar-refractivity contribution in [3.8, 4) is 0 Å². The molecule has 2 aliphatic rings. The van der Waals surface area contributed by atoms with Gasteiger partial charge in [-0.15, -0.1) is 0 Å². The molecule has 0 spiro atoms. The first-order valence-corrected chi connectivity index (χ1v) is 8.54. The summed E-state index contributed by atoms with van der Waals surface area (Å²) < 4.78 is 28.4. The van der Waals surface area contributed by atoms with Crippen molar-refractivity contribution >= 4 is 21.8 Å². The summed E-state index contributed by atoms with van der Waals surface area (Å²) in [4.78, 5) is 23.0. The fraction of sp³-hybridized carbons (Fsp3) is 0.833. The van der Waals surface area contributed by atoms with Crippen LogP contribution in [0.5, 0.6) is 0 Å². The number of aliphatic carboxylic acids is 1. The summed E-state index contributed by atoms with van der Waals surface area (Å²) in [5.74, 6) is -0.877. The molecule has 0 aromatic carbocycles. The molecule has 0 aromatic rings. The van der Waals surface area contributed by atoms with Crippen molar-refractivity contribution in [3.05, 3.63) is 0 Å². The maximum absolute atomic E-state index is 11.8. The summed E-state index contributed by atoms with van der Waals surface area (Å²) in [6.07, 6.45) is 1.16. The average Bonchev–Trinajstić information content (AvgIpc) is 2.91. The van der Waals surface area contributed by atoms with Crippen molar-refractivity contribution in [3.63, 3.8) is 0 Å². The highest BCUT2D eigenvalue weighted by Gasteiger charge is 2.47. The predicted octanol–water partition coefficient (Wildman–Crippen LogP) is -0.647. The Hall–Kier alpha value is -1.35. The second-order valence-corrected chi connectivity index (χ2v) is 8.18. The van der Waals surface area contributed by atoms with Crippen LogP contribution in [-0.4, -0.2) is 62.3 Å². The number of sulfone groups is 1. The Balaban J connectivity index is 1.86. The van der Waals surface area contributed by atoms with Gasteiger partial charge in [-0.1, -0.05) is 0 Å². The summed E-state index contributed by atoms with van der Waals surface area (Å²) in [7, 11) is -3.11. The van der Waals surface area contributed by atoms with Crippen molar-refractivity contribution in [1.29, 1.82) is 0 Å². The quantitative estimate of drug-likeness (QED) is 0.633. The van der Waals surface area contributed by atoms with Gasteiger partial charge >= 0.3 is 12.0 Å². The molecular formula is C12H20N2O6S. The van der Waals surface area contributed by atoms with Crippen LogP contribution in [0.25, 0.3) is 0 Å². The lowest BCUT2D eigenvalue weighted by atomic mass is 9.85. The minimum atomic E-state index is -3.11. The Kier molecular flexibility index (Phi) is 4.43. The van der Waals surface area contributed by atoms with Gasteiger partial charge in [0.25, 0.3) is 0 Å². The molecule has 9 heteroatoms. The summed E-state index contributed by atoms with van der Waals surface area (Å²) in [6, 6.07) is -1.21. The van der Waals surface area contributed by atoms with Gasteiger partial charge in [-0.3, -0.25) is 4.79 Å². The molecule has 0 radical (unpaired) electrons. The number of ether oxygens (including phenoxy) is 1. The fourth-order valence-corrected chi connectivity index (χ4v) is 4.35. The zero-order valence-electron chi connectivity index (χ0n) is 11.8. The van der Waals surface area contributed by atoms with Crippen LogP contribution in [0.1, 0.15) is 19.8 Å². The molecule has 2 amide bonds. The van der Waals surface area contributed by atoms with Crippen molar-refractivity contribution in [2.45, 2.75) is 31.1 Å². The SMILES string of the molecule is CC1(C(=O)O)COCC1NC(=O)NCC1CCCS1(=O)=O. The minimum absolute atomic E-state index is 0.0320. The van der Waals surface area contributed by atoms with Crippen molar-refractivity contribution in [2.75, 3.05) is 25.5 Å². The molecule has 3 N–H and O–H groups in total. The zero-order valence-corrected chi connectivity index (χ0v) is 12.6. The van der Waals surface area contributed by atoms with E-state index in [2.05, 4.69) is 10.6 Å². The first-order chi connectivity index (χ1) is 9.75. The number of carboxylic acid groups (broad SMARTS) is 1. The number of urea groups is 1. The fourth-order valence-electron chi connectivity index (χ4n) is 2.59. The highest BCUT2D eigenvalue weighted by atomic mass is 32.2. The Morgan fingerprint density at radius 3 is 2.71 bits per heavy atom. The molecule has 0 saturated carbocycles. The summed E-state index contributed by atoms with van der Waals surface area (Å²) >= 11 is 0. The summed E-state index contributed by atoms with van der Waals surface area (Å²) in [6.45, 7) is 1.71. The zero-order chi connectivity index (χ0) is 15.7. The molecule has 2 saturated heterocycles.